The van der Waals surface area contributed by atoms with Crippen molar-refractivity contribution in [2.75, 3.05) is 0 Å². The molecule has 0 bridgehead atoms. The van der Waals surface area contributed by atoms with Crippen LogP contribution in [0.3, 0.4) is 0 Å². The molecule has 0 aliphatic rings. The molecule has 0 aromatic rings. The molecular weight excluding hydrogens is 168 g/mol. The van der Waals surface area contributed by atoms with Crippen molar-refractivity contribution in [2.45, 2.75) is 48.0 Å². The number of allylic oxidation sites excluding steroid dienone is 2. The lowest BCUT2D eigenvalue weighted by molar-refractivity contribution is 0.373. The minimum atomic E-state index is 0.347. The standard InChI is InChI=1S/C14H26/c1-10(2)12(4)13(5)11(3)9-14(6,7)8/h12-13H,1,3,9H2,2,4-8H3. The Morgan fingerprint density at radius 1 is 1.07 bits per heavy atom. The first-order valence-corrected chi connectivity index (χ1v) is 5.48. The third-order valence-corrected chi connectivity index (χ3v) is 2.93. The maximum Gasteiger partial charge on any atom is -0.0171 e. The minimum Gasteiger partial charge on any atom is -0.0998 e. The molecule has 0 rings (SSSR count). The van der Waals surface area contributed by atoms with Crippen molar-refractivity contribution in [1.29, 1.82) is 0 Å². The van der Waals surface area contributed by atoms with Gasteiger partial charge in [0.25, 0.3) is 0 Å². The summed E-state index contributed by atoms with van der Waals surface area (Å²) in [5.41, 5.74) is 2.96. The molecule has 14 heavy (non-hydrogen) atoms. The predicted octanol–water partition coefficient (Wildman–Crippen LogP) is 4.83. The van der Waals surface area contributed by atoms with Gasteiger partial charge in [0.15, 0.2) is 0 Å². The minimum absolute atomic E-state index is 0.347. The third kappa shape index (κ3) is 4.64. The average Bonchev–Trinajstić information content (AvgIpc) is 1.98. The molecule has 2 unspecified atom stereocenters. The van der Waals surface area contributed by atoms with E-state index < -0.39 is 0 Å². The number of hydrogen-bond acceptors (Lipinski definition) is 0. The van der Waals surface area contributed by atoms with E-state index in [0.29, 0.717) is 17.3 Å². The first-order chi connectivity index (χ1) is 6.15. The second kappa shape index (κ2) is 4.82. The van der Waals surface area contributed by atoms with E-state index in [2.05, 4.69) is 54.7 Å². The Morgan fingerprint density at radius 3 is 1.79 bits per heavy atom. The lowest BCUT2D eigenvalue weighted by atomic mass is 9.78. The van der Waals surface area contributed by atoms with Gasteiger partial charge in [-0.05, 0) is 30.6 Å². The molecule has 0 fully saturated rings. The van der Waals surface area contributed by atoms with E-state index in [4.69, 9.17) is 0 Å². The molecule has 0 aromatic carbocycles. The van der Waals surface area contributed by atoms with Crippen molar-refractivity contribution >= 4 is 0 Å². The van der Waals surface area contributed by atoms with E-state index in [1.807, 2.05) is 0 Å². The highest BCUT2D eigenvalue weighted by Crippen LogP contribution is 2.32. The van der Waals surface area contributed by atoms with Gasteiger partial charge < -0.3 is 0 Å². The summed E-state index contributed by atoms with van der Waals surface area (Å²) in [5, 5.41) is 0. The highest BCUT2D eigenvalue weighted by Gasteiger charge is 2.20. The molecule has 0 aliphatic carbocycles. The van der Waals surface area contributed by atoms with Crippen LogP contribution in [0.15, 0.2) is 24.3 Å². The van der Waals surface area contributed by atoms with Crippen LogP contribution in [-0.2, 0) is 0 Å². The highest BCUT2D eigenvalue weighted by molar-refractivity contribution is 5.09. The Bertz CT molecular complexity index is 215. The fourth-order valence-electron chi connectivity index (χ4n) is 1.62. The first kappa shape index (κ1) is 13.5. The van der Waals surface area contributed by atoms with Crippen LogP contribution in [0, 0.1) is 17.3 Å². The van der Waals surface area contributed by atoms with Gasteiger partial charge in [-0.3, -0.25) is 0 Å². The fourth-order valence-corrected chi connectivity index (χ4v) is 1.62. The summed E-state index contributed by atoms with van der Waals surface area (Å²) in [6.07, 6.45) is 1.10. The molecule has 0 N–H and O–H groups in total. The molecule has 0 aromatic heterocycles. The van der Waals surface area contributed by atoms with Gasteiger partial charge in [-0.2, -0.15) is 0 Å². The van der Waals surface area contributed by atoms with Crippen molar-refractivity contribution in [1.82, 2.24) is 0 Å². The maximum atomic E-state index is 4.20. The summed E-state index contributed by atoms with van der Waals surface area (Å²) in [6, 6.07) is 0. The van der Waals surface area contributed by atoms with Crippen LogP contribution in [0.2, 0.25) is 0 Å². The van der Waals surface area contributed by atoms with Crippen LogP contribution in [0.5, 0.6) is 0 Å². The molecule has 0 spiro atoms. The van der Waals surface area contributed by atoms with Gasteiger partial charge in [0.1, 0.15) is 0 Å². The van der Waals surface area contributed by atoms with Crippen molar-refractivity contribution < 1.29 is 0 Å². The van der Waals surface area contributed by atoms with E-state index >= 15 is 0 Å². The van der Waals surface area contributed by atoms with Crippen LogP contribution >= 0.6 is 0 Å². The Balaban J connectivity index is 4.33. The largest absolute Gasteiger partial charge is 0.0998 e. The van der Waals surface area contributed by atoms with Crippen molar-refractivity contribution in [3.8, 4) is 0 Å². The zero-order valence-electron chi connectivity index (χ0n) is 10.8. The topological polar surface area (TPSA) is 0 Å². The van der Waals surface area contributed by atoms with Crippen LogP contribution in [0.1, 0.15) is 48.0 Å². The second-order valence-corrected chi connectivity index (χ2v) is 5.82. The second-order valence-electron chi connectivity index (χ2n) is 5.82. The van der Waals surface area contributed by atoms with Gasteiger partial charge in [0.2, 0.25) is 0 Å². The molecule has 0 radical (unpaired) electrons. The van der Waals surface area contributed by atoms with E-state index in [1.165, 1.54) is 11.1 Å². The van der Waals surface area contributed by atoms with Crippen molar-refractivity contribution in [3.63, 3.8) is 0 Å². The Morgan fingerprint density at radius 2 is 1.50 bits per heavy atom. The van der Waals surface area contributed by atoms with Gasteiger partial charge in [-0.1, -0.05) is 58.9 Å². The van der Waals surface area contributed by atoms with E-state index in [9.17, 15) is 0 Å². The van der Waals surface area contributed by atoms with Crippen LogP contribution < -0.4 is 0 Å². The van der Waals surface area contributed by atoms with E-state index in [0.717, 1.165) is 6.42 Å². The number of hydrogen-bond donors (Lipinski definition) is 0. The zero-order valence-corrected chi connectivity index (χ0v) is 10.8. The molecule has 0 saturated carbocycles. The third-order valence-electron chi connectivity index (χ3n) is 2.93. The lowest BCUT2D eigenvalue weighted by Crippen LogP contribution is -2.15. The van der Waals surface area contributed by atoms with E-state index in [-0.39, 0.29) is 0 Å². The summed E-state index contributed by atoms with van der Waals surface area (Å²) in [6.45, 7) is 21.6. The van der Waals surface area contributed by atoms with Gasteiger partial charge in [0.05, 0.1) is 0 Å². The van der Waals surface area contributed by atoms with Gasteiger partial charge in [0, 0.05) is 0 Å². The summed E-state index contributed by atoms with van der Waals surface area (Å²) >= 11 is 0. The number of rotatable bonds is 4. The molecular formula is C14H26. The molecule has 0 heteroatoms. The molecule has 0 saturated heterocycles. The fraction of sp³-hybridized carbons (Fsp3) is 0.714. The van der Waals surface area contributed by atoms with Crippen LogP contribution in [-0.4, -0.2) is 0 Å². The molecule has 2 atom stereocenters. The highest BCUT2D eigenvalue weighted by atomic mass is 14.3. The molecule has 0 heterocycles. The van der Waals surface area contributed by atoms with E-state index in [1.54, 1.807) is 0 Å². The summed E-state index contributed by atoms with van der Waals surface area (Å²) in [5.74, 6) is 1.09. The van der Waals surface area contributed by atoms with Crippen molar-refractivity contribution in [2.24, 2.45) is 17.3 Å². The zero-order chi connectivity index (χ0) is 11.5. The average molecular weight is 194 g/mol. The molecule has 0 amide bonds. The normalized spacial score (nSPS) is 16.1. The SMILES string of the molecule is C=C(C)C(C)C(C)C(=C)CC(C)(C)C. The summed E-state index contributed by atoms with van der Waals surface area (Å²) in [4.78, 5) is 0. The molecule has 82 valence electrons. The molecule has 0 aliphatic heterocycles. The maximum absolute atomic E-state index is 4.20. The van der Waals surface area contributed by atoms with Gasteiger partial charge in [-0.15, -0.1) is 0 Å². The van der Waals surface area contributed by atoms with Crippen molar-refractivity contribution in [3.05, 3.63) is 24.3 Å². The monoisotopic (exact) mass is 194 g/mol. The van der Waals surface area contributed by atoms with Crippen LogP contribution in [0.4, 0.5) is 0 Å². The lowest BCUT2D eigenvalue weighted by Gasteiger charge is -2.27. The summed E-state index contributed by atoms with van der Waals surface area (Å²) in [7, 11) is 0. The Labute approximate surface area is 90.1 Å². The quantitative estimate of drug-likeness (QED) is 0.562. The summed E-state index contributed by atoms with van der Waals surface area (Å²) < 4.78 is 0. The Hall–Kier alpha value is -0.520. The van der Waals surface area contributed by atoms with Gasteiger partial charge >= 0.3 is 0 Å². The van der Waals surface area contributed by atoms with Gasteiger partial charge in [-0.25, -0.2) is 0 Å². The smallest absolute Gasteiger partial charge is 0.0171 e. The molecule has 0 nitrogen and oxygen atoms in total. The van der Waals surface area contributed by atoms with Crippen LogP contribution in [0.25, 0.3) is 0 Å². The first-order valence-electron chi connectivity index (χ1n) is 5.48. The Kier molecular flexibility index (Phi) is 4.64. The predicted molar refractivity (Wildman–Crippen MR) is 66.4 cm³/mol.